The van der Waals surface area contributed by atoms with Crippen molar-refractivity contribution in [1.82, 2.24) is 15.3 Å². The number of ether oxygens (including phenoxy) is 2. The molecule has 2 amide bonds. The molecule has 30 heavy (non-hydrogen) atoms. The van der Waals surface area contributed by atoms with Crippen LogP contribution in [0.5, 0.6) is 11.6 Å². The Morgan fingerprint density at radius 3 is 2.60 bits per heavy atom. The van der Waals surface area contributed by atoms with Crippen LogP contribution >= 0.6 is 0 Å². The average Bonchev–Trinajstić information content (AvgIpc) is 2.71. The molecule has 0 atom stereocenters. The van der Waals surface area contributed by atoms with Gasteiger partial charge < -0.3 is 20.1 Å². The van der Waals surface area contributed by atoms with Crippen LogP contribution in [0, 0.1) is 0 Å². The van der Waals surface area contributed by atoms with Gasteiger partial charge in [0.2, 0.25) is 5.91 Å². The molecule has 0 saturated heterocycles. The van der Waals surface area contributed by atoms with Gasteiger partial charge in [-0.15, -0.1) is 0 Å². The maximum absolute atomic E-state index is 13.0. The van der Waals surface area contributed by atoms with Crippen molar-refractivity contribution in [3.05, 3.63) is 41.7 Å². The van der Waals surface area contributed by atoms with Crippen LogP contribution in [-0.2, 0) is 11.3 Å². The number of nitrogens with one attached hydrogen (secondary N) is 2. The zero-order chi connectivity index (χ0) is 22.1. The predicted octanol–water partition coefficient (Wildman–Crippen LogP) is 3.19. The molecular weight excluding hydrogens is 398 g/mol. The van der Waals surface area contributed by atoms with E-state index < -0.39 is 12.5 Å². The number of carbonyl (C=O) groups is 2. The molecule has 0 aromatic carbocycles. The number of halogens is 2. The lowest BCUT2D eigenvalue weighted by molar-refractivity contribution is -0.115. The van der Waals surface area contributed by atoms with E-state index in [-0.39, 0.29) is 35.8 Å². The van der Waals surface area contributed by atoms with Crippen molar-refractivity contribution < 1.29 is 27.8 Å². The summed E-state index contributed by atoms with van der Waals surface area (Å²) < 4.78 is 36.5. The zero-order valence-corrected chi connectivity index (χ0v) is 17.0. The molecule has 0 fully saturated rings. The molecule has 2 N–H and O–H groups in total. The lowest BCUT2D eigenvalue weighted by Gasteiger charge is -2.15. The summed E-state index contributed by atoms with van der Waals surface area (Å²) in [5.41, 5.74) is 0.912. The van der Waals surface area contributed by atoms with Crippen molar-refractivity contribution in [2.75, 3.05) is 18.5 Å². The Labute approximate surface area is 173 Å². The summed E-state index contributed by atoms with van der Waals surface area (Å²) in [6.07, 6.45) is 3.12. The van der Waals surface area contributed by atoms with Crippen molar-refractivity contribution >= 4 is 17.6 Å². The minimum absolute atomic E-state index is 0.0427. The molecule has 0 aliphatic rings. The van der Waals surface area contributed by atoms with E-state index in [1.807, 2.05) is 0 Å². The minimum Gasteiger partial charge on any atom is -0.488 e. The van der Waals surface area contributed by atoms with E-state index in [0.717, 1.165) is 6.92 Å². The lowest BCUT2D eigenvalue weighted by Crippen LogP contribution is -2.24. The van der Waals surface area contributed by atoms with Gasteiger partial charge in [-0.25, -0.2) is 18.7 Å². The molecule has 8 nitrogen and oxygen atoms in total. The Balaban J connectivity index is 2.04. The molecule has 0 aliphatic heterocycles. The number of carbonyl (C=O) groups excluding carboxylic acids is 2. The Morgan fingerprint density at radius 2 is 1.93 bits per heavy atom. The first-order valence-corrected chi connectivity index (χ1v) is 9.38. The highest BCUT2D eigenvalue weighted by atomic mass is 19.3. The van der Waals surface area contributed by atoms with Gasteiger partial charge in [0.15, 0.2) is 12.4 Å². The summed E-state index contributed by atoms with van der Waals surface area (Å²) in [7, 11) is 0. The molecule has 2 aromatic rings. The third kappa shape index (κ3) is 7.26. The number of rotatable bonds is 10. The van der Waals surface area contributed by atoms with Crippen molar-refractivity contribution in [2.45, 2.75) is 39.7 Å². The number of alkyl halides is 2. The summed E-state index contributed by atoms with van der Waals surface area (Å²) in [6.45, 7) is 3.78. The SMILES string of the molecule is CCOc1cc(CNC(=O)c2ccnc(NC(=O)CC)c2)cnc1OCC(C)(F)F. The summed E-state index contributed by atoms with van der Waals surface area (Å²) in [5.74, 6) is -3.14. The van der Waals surface area contributed by atoms with Crippen molar-refractivity contribution in [1.29, 1.82) is 0 Å². The number of amides is 2. The monoisotopic (exact) mass is 422 g/mol. The molecule has 0 bridgehead atoms. The number of pyridine rings is 2. The largest absolute Gasteiger partial charge is 0.488 e. The van der Waals surface area contributed by atoms with E-state index >= 15 is 0 Å². The highest BCUT2D eigenvalue weighted by Gasteiger charge is 2.23. The van der Waals surface area contributed by atoms with E-state index in [0.29, 0.717) is 24.2 Å². The van der Waals surface area contributed by atoms with Crippen LogP contribution in [0.4, 0.5) is 14.6 Å². The van der Waals surface area contributed by atoms with Gasteiger partial charge >= 0.3 is 0 Å². The number of anilines is 1. The molecule has 0 unspecified atom stereocenters. The standard InChI is InChI=1S/C20H24F2N4O4/c1-4-17(27)26-16-9-14(6-7-23-16)18(28)24-10-13-8-15(29-5-2)19(25-11-13)30-12-20(3,21)22/h6-9,11H,4-5,10,12H2,1-3H3,(H,24,28)(H,23,26,27). The second-order valence-corrected chi connectivity index (χ2v) is 6.45. The number of hydrogen-bond acceptors (Lipinski definition) is 6. The maximum Gasteiger partial charge on any atom is 0.278 e. The number of nitrogens with zero attached hydrogens (tertiary/aromatic N) is 2. The smallest absolute Gasteiger partial charge is 0.278 e. The van der Waals surface area contributed by atoms with Crippen molar-refractivity contribution in [3.8, 4) is 11.6 Å². The third-order valence-electron chi connectivity index (χ3n) is 3.70. The Kier molecular flexibility index (Phi) is 8.02. The summed E-state index contributed by atoms with van der Waals surface area (Å²) in [6, 6.07) is 4.55. The summed E-state index contributed by atoms with van der Waals surface area (Å²) >= 11 is 0. The molecule has 0 radical (unpaired) electrons. The Morgan fingerprint density at radius 1 is 1.17 bits per heavy atom. The maximum atomic E-state index is 13.0. The molecule has 0 saturated carbocycles. The van der Waals surface area contributed by atoms with E-state index in [4.69, 9.17) is 9.47 Å². The third-order valence-corrected chi connectivity index (χ3v) is 3.70. The van der Waals surface area contributed by atoms with E-state index in [9.17, 15) is 18.4 Å². The van der Waals surface area contributed by atoms with Crippen LogP contribution in [0.15, 0.2) is 30.6 Å². The highest BCUT2D eigenvalue weighted by molar-refractivity contribution is 5.96. The summed E-state index contributed by atoms with van der Waals surface area (Å²) in [4.78, 5) is 31.9. The van der Waals surface area contributed by atoms with Gasteiger partial charge in [-0.2, -0.15) is 0 Å². The molecular formula is C20H24F2N4O4. The fraction of sp³-hybridized carbons (Fsp3) is 0.400. The first-order chi connectivity index (χ1) is 14.2. The second-order valence-electron chi connectivity index (χ2n) is 6.45. The van der Waals surface area contributed by atoms with Crippen LogP contribution in [0.2, 0.25) is 0 Å². The van der Waals surface area contributed by atoms with Crippen LogP contribution in [0.3, 0.4) is 0 Å². The fourth-order valence-corrected chi connectivity index (χ4v) is 2.29. The van der Waals surface area contributed by atoms with Gasteiger partial charge in [-0.05, 0) is 30.7 Å². The van der Waals surface area contributed by atoms with E-state index in [1.54, 1.807) is 19.9 Å². The van der Waals surface area contributed by atoms with Crippen molar-refractivity contribution in [2.24, 2.45) is 0 Å². The zero-order valence-electron chi connectivity index (χ0n) is 17.0. The molecule has 0 spiro atoms. The summed E-state index contributed by atoms with van der Waals surface area (Å²) in [5, 5.41) is 5.31. The van der Waals surface area contributed by atoms with Gasteiger partial charge in [0, 0.05) is 37.8 Å². The predicted molar refractivity (Wildman–Crippen MR) is 106 cm³/mol. The van der Waals surface area contributed by atoms with Gasteiger partial charge in [0.25, 0.3) is 17.7 Å². The molecule has 2 rings (SSSR count). The molecule has 10 heteroatoms. The normalized spacial score (nSPS) is 11.0. The highest BCUT2D eigenvalue weighted by Crippen LogP contribution is 2.27. The van der Waals surface area contributed by atoms with Gasteiger partial charge in [0.05, 0.1) is 6.61 Å². The topological polar surface area (TPSA) is 102 Å². The van der Waals surface area contributed by atoms with Crippen LogP contribution in [0.25, 0.3) is 0 Å². The molecule has 162 valence electrons. The second kappa shape index (κ2) is 10.5. The van der Waals surface area contributed by atoms with Gasteiger partial charge in [-0.1, -0.05) is 6.92 Å². The van der Waals surface area contributed by atoms with E-state index in [2.05, 4.69) is 20.6 Å². The average molecular weight is 422 g/mol. The fourth-order valence-electron chi connectivity index (χ4n) is 2.29. The van der Waals surface area contributed by atoms with Crippen molar-refractivity contribution in [3.63, 3.8) is 0 Å². The molecule has 0 aliphatic carbocycles. The van der Waals surface area contributed by atoms with Gasteiger partial charge in [0.1, 0.15) is 5.82 Å². The number of aromatic nitrogens is 2. The Bertz CT molecular complexity index is 887. The van der Waals surface area contributed by atoms with Gasteiger partial charge in [-0.3, -0.25) is 9.59 Å². The Hall–Kier alpha value is -3.30. The quantitative estimate of drug-likeness (QED) is 0.610. The molecule has 2 aromatic heterocycles. The lowest BCUT2D eigenvalue weighted by atomic mass is 10.2. The number of hydrogen-bond donors (Lipinski definition) is 2. The molecule has 2 heterocycles. The first-order valence-electron chi connectivity index (χ1n) is 9.38. The minimum atomic E-state index is -3.00. The first kappa shape index (κ1) is 23.0. The van der Waals surface area contributed by atoms with Crippen LogP contribution < -0.4 is 20.1 Å². The van der Waals surface area contributed by atoms with E-state index in [1.165, 1.54) is 24.5 Å². The van der Waals surface area contributed by atoms with Crippen LogP contribution in [-0.4, -0.2) is 40.9 Å². The van der Waals surface area contributed by atoms with Crippen LogP contribution in [0.1, 0.15) is 43.1 Å².